The number of nitrogens with one attached hydrogen (secondary N) is 1. The first kappa shape index (κ1) is 22.9. The van der Waals surface area contributed by atoms with Gasteiger partial charge in [0.25, 0.3) is 0 Å². The lowest BCUT2D eigenvalue weighted by molar-refractivity contribution is -0.357. The molecule has 0 aliphatic carbocycles. The standard InChI is InChI=1S/C19H14F5N5O3/c1-17(18(21,19(22,23)24)31-9-14(26)29-17)12-6-11(3-4-13(12)20)28-16(30)32-15-5-2-10(7-25)8-27-15/h2-6,8H,9H2,1H3,(H2,26,29)(H,28,30). The number of carbonyl (C=O) groups is 1. The second-order valence-electron chi connectivity index (χ2n) is 6.76. The molecular weight excluding hydrogens is 441 g/mol. The molecular formula is C19H14F5N5O3. The lowest BCUT2D eigenvalue weighted by atomic mass is 9.82. The molecule has 2 unspecified atom stereocenters. The van der Waals surface area contributed by atoms with Crippen LogP contribution in [-0.2, 0) is 10.3 Å². The number of aromatic nitrogens is 1. The van der Waals surface area contributed by atoms with E-state index in [2.05, 4.69) is 20.0 Å². The zero-order valence-electron chi connectivity index (χ0n) is 16.2. The first-order valence-electron chi connectivity index (χ1n) is 8.78. The van der Waals surface area contributed by atoms with E-state index in [1.165, 1.54) is 12.1 Å². The van der Waals surface area contributed by atoms with Crippen LogP contribution in [0.25, 0.3) is 0 Å². The molecule has 0 bridgehead atoms. The van der Waals surface area contributed by atoms with Gasteiger partial charge in [0.15, 0.2) is 5.54 Å². The summed E-state index contributed by atoms with van der Waals surface area (Å²) >= 11 is 0. The van der Waals surface area contributed by atoms with Crippen LogP contribution >= 0.6 is 0 Å². The van der Waals surface area contributed by atoms with Crippen LogP contribution in [0.3, 0.4) is 0 Å². The third-order valence-corrected chi connectivity index (χ3v) is 4.58. The zero-order chi connectivity index (χ0) is 23.7. The van der Waals surface area contributed by atoms with Gasteiger partial charge in [-0.15, -0.1) is 0 Å². The maximum absolute atomic E-state index is 15.1. The summed E-state index contributed by atoms with van der Waals surface area (Å²) in [5, 5.41) is 10.9. The molecule has 0 saturated heterocycles. The van der Waals surface area contributed by atoms with Crippen molar-refractivity contribution in [2.45, 2.75) is 24.5 Å². The lowest BCUT2D eigenvalue weighted by Gasteiger charge is -2.43. The Morgan fingerprint density at radius 1 is 1.34 bits per heavy atom. The van der Waals surface area contributed by atoms with Crippen LogP contribution in [0.4, 0.5) is 32.4 Å². The van der Waals surface area contributed by atoms with Crippen molar-refractivity contribution in [2.24, 2.45) is 10.7 Å². The topological polar surface area (TPSA) is 123 Å². The van der Waals surface area contributed by atoms with Gasteiger partial charge in [-0.05, 0) is 31.2 Å². The van der Waals surface area contributed by atoms with Gasteiger partial charge < -0.3 is 15.2 Å². The fraction of sp³-hybridized carbons (Fsp3) is 0.263. The Morgan fingerprint density at radius 3 is 2.66 bits per heavy atom. The van der Waals surface area contributed by atoms with Crippen molar-refractivity contribution in [3.8, 4) is 11.9 Å². The van der Waals surface area contributed by atoms with Gasteiger partial charge in [-0.3, -0.25) is 10.3 Å². The molecule has 1 amide bonds. The molecule has 1 aromatic heterocycles. The highest BCUT2D eigenvalue weighted by Gasteiger charge is 2.71. The highest BCUT2D eigenvalue weighted by Crippen LogP contribution is 2.52. The first-order chi connectivity index (χ1) is 14.9. The Morgan fingerprint density at radius 2 is 2.06 bits per heavy atom. The number of halogens is 5. The maximum atomic E-state index is 15.1. The summed E-state index contributed by atoms with van der Waals surface area (Å²) in [6.45, 7) is -0.275. The molecule has 3 N–H and O–H groups in total. The lowest BCUT2D eigenvalue weighted by Crippen LogP contribution is -2.61. The van der Waals surface area contributed by atoms with Gasteiger partial charge in [-0.2, -0.15) is 22.8 Å². The molecule has 168 valence electrons. The number of alkyl halides is 4. The highest BCUT2D eigenvalue weighted by atomic mass is 19.4. The van der Waals surface area contributed by atoms with E-state index in [1.54, 1.807) is 0 Å². The van der Waals surface area contributed by atoms with Gasteiger partial charge in [0, 0.05) is 23.5 Å². The number of benzene rings is 1. The molecule has 13 heteroatoms. The summed E-state index contributed by atoms with van der Waals surface area (Å²) in [7, 11) is 0. The molecule has 1 aliphatic heterocycles. The van der Waals surface area contributed by atoms with Crippen molar-refractivity contribution in [3.63, 3.8) is 0 Å². The summed E-state index contributed by atoms with van der Waals surface area (Å²) in [5.74, 6) is -6.30. The van der Waals surface area contributed by atoms with E-state index in [9.17, 15) is 22.4 Å². The van der Waals surface area contributed by atoms with Crippen LogP contribution < -0.4 is 15.8 Å². The third-order valence-electron chi connectivity index (χ3n) is 4.58. The minimum atomic E-state index is -5.58. The van der Waals surface area contributed by atoms with Gasteiger partial charge in [-0.25, -0.2) is 14.2 Å². The summed E-state index contributed by atoms with van der Waals surface area (Å²) in [6, 6.07) is 6.87. The number of carbonyl (C=O) groups excluding carboxylic acids is 1. The number of ether oxygens (including phenoxy) is 2. The van der Waals surface area contributed by atoms with Crippen molar-refractivity contribution < 1.29 is 36.2 Å². The molecule has 0 spiro atoms. The monoisotopic (exact) mass is 455 g/mol. The van der Waals surface area contributed by atoms with E-state index >= 15 is 4.39 Å². The summed E-state index contributed by atoms with van der Waals surface area (Å²) in [4.78, 5) is 19.3. The Bertz CT molecular complexity index is 1120. The van der Waals surface area contributed by atoms with Gasteiger partial charge in [0.1, 0.15) is 24.3 Å². The van der Waals surface area contributed by atoms with Crippen molar-refractivity contribution in [2.75, 3.05) is 11.9 Å². The van der Waals surface area contributed by atoms with Crippen molar-refractivity contribution in [3.05, 3.63) is 53.5 Å². The molecule has 2 heterocycles. The summed E-state index contributed by atoms with van der Waals surface area (Å²) in [6.07, 6.45) is -5.57. The van der Waals surface area contributed by atoms with E-state index in [-0.39, 0.29) is 17.1 Å². The Balaban J connectivity index is 1.93. The van der Waals surface area contributed by atoms with Crippen LogP contribution in [0.5, 0.6) is 5.88 Å². The highest BCUT2D eigenvalue weighted by molar-refractivity contribution is 5.86. The predicted molar refractivity (Wildman–Crippen MR) is 99.8 cm³/mol. The quantitative estimate of drug-likeness (QED) is 0.683. The smallest absolute Gasteiger partial charge is 0.391 e. The SMILES string of the molecule is CC1(c2cc(NC(=O)Oc3ccc(C#N)cn3)ccc2F)N=C(N)COC1(F)C(F)(F)F. The van der Waals surface area contributed by atoms with Gasteiger partial charge in [-0.1, -0.05) is 0 Å². The molecule has 8 nitrogen and oxygen atoms in total. The van der Waals surface area contributed by atoms with E-state index in [0.717, 1.165) is 18.3 Å². The van der Waals surface area contributed by atoms with Crippen LogP contribution in [0.2, 0.25) is 0 Å². The molecule has 1 aliphatic rings. The second-order valence-corrected chi connectivity index (χ2v) is 6.76. The number of anilines is 1. The van der Waals surface area contributed by atoms with E-state index in [0.29, 0.717) is 13.0 Å². The molecule has 32 heavy (non-hydrogen) atoms. The minimum Gasteiger partial charge on any atom is -0.391 e. The fourth-order valence-corrected chi connectivity index (χ4v) is 3.02. The molecule has 2 aromatic rings. The van der Waals surface area contributed by atoms with Gasteiger partial charge >= 0.3 is 18.1 Å². The molecule has 0 radical (unpaired) electrons. The van der Waals surface area contributed by atoms with Crippen LogP contribution in [0.1, 0.15) is 18.1 Å². The fourth-order valence-electron chi connectivity index (χ4n) is 3.02. The molecule has 3 rings (SSSR count). The van der Waals surface area contributed by atoms with E-state index in [4.69, 9.17) is 15.7 Å². The van der Waals surface area contributed by atoms with E-state index in [1.807, 2.05) is 6.07 Å². The predicted octanol–water partition coefficient (Wildman–Crippen LogP) is 3.53. The van der Waals surface area contributed by atoms with Gasteiger partial charge in [0.2, 0.25) is 5.88 Å². The third kappa shape index (κ3) is 4.04. The van der Waals surface area contributed by atoms with Crippen LogP contribution in [0, 0.1) is 17.1 Å². The maximum Gasteiger partial charge on any atom is 0.451 e. The molecule has 1 aromatic carbocycles. The molecule has 2 atom stereocenters. The van der Waals surface area contributed by atoms with E-state index < -0.39 is 47.5 Å². The number of rotatable bonds is 3. The molecule has 0 saturated carbocycles. The number of amides is 1. The Kier molecular flexibility index (Phi) is 5.75. The Labute approximate surface area is 177 Å². The number of aliphatic imine (C=N–C) groups is 1. The average molecular weight is 455 g/mol. The number of pyridine rings is 1. The summed E-state index contributed by atoms with van der Waals surface area (Å²) < 4.78 is 79.4. The normalized spacial score (nSPS) is 23.1. The number of nitrogens with zero attached hydrogens (tertiary/aromatic N) is 3. The zero-order valence-corrected chi connectivity index (χ0v) is 16.2. The minimum absolute atomic E-state index is 0.186. The largest absolute Gasteiger partial charge is 0.451 e. The number of amidine groups is 1. The molecule has 0 fully saturated rings. The Hall–Kier alpha value is -3.79. The number of hydrogen-bond acceptors (Lipinski definition) is 7. The van der Waals surface area contributed by atoms with Crippen molar-refractivity contribution in [1.29, 1.82) is 5.26 Å². The number of hydrogen-bond donors (Lipinski definition) is 2. The number of nitriles is 1. The first-order valence-corrected chi connectivity index (χ1v) is 8.78. The van der Waals surface area contributed by atoms with Crippen molar-refractivity contribution >= 4 is 17.6 Å². The number of nitrogens with two attached hydrogens (primary N) is 1. The van der Waals surface area contributed by atoms with Crippen LogP contribution in [-0.4, -0.2) is 35.6 Å². The van der Waals surface area contributed by atoms with Crippen LogP contribution in [0.15, 0.2) is 41.5 Å². The second kappa shape index (κ2) is 8.04. The van der Waals surface area contributed by atoms with Crippen molar-refractivity contribution in [1.82, 2.24) is 4.98 Å². The summed E-state index contributed by atoms with van der Waals surface area (Å²) in [5.41, 5.74) is 1.60. The van der Waals surface area contributed by atoms with Gasteiger partial charge in [0.05, 0.1) is 5.56 Å². The average Bonchev–Trinajstić information content (AvgIpc) is 2.72.